The van der Waals surface area contributed by atoms with Gasteiger partial charge in [-0.3, -0.25) is 4.79 Å². The predicted octanol–water partition coefficient (Wildman–Crippen LogP) is 3.05. The molecule has 1 saturated heterocycles. The summed E-state index contributed by atoms with van der Waals surface area (Å²) in [4.78, 5) is 12.4. The van der Waals surface area contributed by atoms with Crippen LogP contribution < -0.4 is 10.0 Å². The molecule has 0 spiro atoms. The van der Waals surface area contributed by atoms with Gasteiger partial charge in [-0.1, -0.05) is 23.7 Å². The largest absolute Gasteiger partial charge is 0.377 e. The van der Waals surface area contributed by atoms with Crippen LogP contribution in [-0.2, 0) is 14.8 Å². The van der Waals surface area contributed by atoms with Crippen LogP contribution in [0.5, 0.6) is 0 Å². The Morgan fingerprint density at radius 3 is 2.54 bits per heavy atom. The zero-order valence-electron chi connectivity index (χ0n) is 13.9. The molecule has 0 saturated carbocycles. The number of anilines is 1. The van der Waals surface area contributed by atoms with E-state index in [1.807, 2.05) is 0 Å². The van der Waals surface area contributed by atoms with Crippen molar-refractivity contribution < 1.29 is 17.9 Å². The summed E-state index contributed by atoms with van der Waals surface area (Å²) in [6.07, 6.45) is 1.74. The van der Waals surface area contributed by atoms with E-state index >= 15 is 0 Å². The Morgan fingerprint density at radius 1 is 1.15 bits per heavy atom. The average molecular weight is 395 g/mol. The minimum Gasteiger partial charge on any atom is -0.377 e. The quantitative estimate of drug-likeness (QED) is 0.788. The number of amides is 1. The molecule has 0 bridgehead atoms. The highest BCUT2D eigenvalue weighted by Crippen LogP contribution is 2.19. The maximum absolute atomic E-state index is 12.3. The number of sulfonamides is 1. The second-order valence-electron chi connectivity index (χ2n) is 5.95. The summed E-state index contributed by atoms with van der Waals surface area (Å²) >= 11 is 6.00. The van der Waals surface area contributed by atoms with Gasteiger partial charge in [0.05, 0.1) is 21.6 Å². The molecule has 0 unspecified atom stereocenters. The molecule has 2 N–H and O–H groups in total. The highest BCUT2D eigenvalue weighted by atomic mass is 35.5. The van der Waals surface area contributed by atoms with E-state index in [-0.39, 0.29) is 23.5 Å². The Kier molecular flexibility index (Phi) is 5.93. The Balaban J connectivity index is 1.64. The lowest BCUT2D eigenvalue weighted by molar-refractivity contribution is 0.102. The zero-order chi connectivity index (χ0) is 18.6. The maximum Gasteiger partial charge on any atom is 0.257 e. The molecule has 2 aromatic carbocycles. The summed E-state index contributed by atoms with van der Waals surface area (Å²) in [6.45, 7) is 0.930. The Morgan fingerprint density at radius 2 is 1.88 bits per heavy atom. The van der Waals surface area contributed by atoms with Gasteiger partial charge in [-0.05, 0) is 49.2 Å². The molecule has 3 rings (SSSR count). The molecule has 1 aliphatic rings. The van der Waals surface area contributed by atoms with Crippen molar-refractivity contribution in [2.24, 2.45) is 0 Å². The van der Waals surface area contributed by atoms with Gasteiger partial charge in [0, 0.05) is 18.8 Å². The van der Waals surface area contributed by atoms with Crippen LogP contribution in [0, 0.1) is 0 Å². The molecule has 0 aromatic heterocycles. The van der Waals surface area contributed by atoms with Gasteiger partial charge < -0.3 is 10.1 Å². The monoisotopic (exact) mass is 394 g/mol. The van der Waals surface area contributed by atoms with Crippen LogP contribution >= 0.6 is 11.6 Å². The summed E-state index contributed by atoms with van der Waals surface area (Å²) < 4.78 is 32.6. The second kappa shape index (κ2) is 8.18. The molecule has 1 atom stereocenters. The second-order valence-corrected chi connectivity index (χ2v) is 8.12. The third-order valence-electron chi connectivity index (χ3n) is 4.07. The van der Waals surface area contributed by atoms with Crippen LogP contribution in [0.15, 0.2) is 53.4 Å². The van der Waals surface area contributed by atoms with Gasteiger partial charge >= 0.3 is 0 Å². The van der Waals surface area contributed by atoms with E-state index in [1.165, 1.54) is 24.3 Å². The Bertz CT molecular complexity index is 878. The lowest BCUT2D eigenvalue weighted by Gasteiger charge is -2.12. The number of hydrogen-bond donors (Lipinski definition) is 2. The van der Waals surface area contributed by atoms with E-state index in [1.54, 1.807) is 24.3 Å². The third-order valence-corrected chi connectivity index (χ3v) is 5.84. The minimum absolute atomic E-state index is 0.0704. The maximum atomic E-state index is 12.3. The first-order valence-electron chi connectivity index (χ1n) is 8.23. The van der Waals surface area contributed by atoms with Crippen molar-refractivity contribution in [3.8, 4) is 0 Å². The van der Waals surface area contributed by atoms with E-state index in [9.17, 15) is 13.2 Å². The van der Waals surface area contributed by atoms with Crippen LogP contribution in [0.1, 0.15) is 23.2 Å². The van der Waals surface area contributed by atoms with Gasteiger partial charge in [0.25, 0.3) is 5.91 Å². The predicted molar refractivity (Wildman–Crippen MR) is 100 cm³/mol. The van der Waals surface area contributed by atoms with Crippen molar-refractivity contribution in [2.45, 2.75) is 23.8 Å². The van der Waals surface area contributed by atoms with Gasteiger partial charge in [-0.15, -0.1) is 0 Å². The van der Waals surface area contributed by atoms with E-state index in [2.05, 4.69) is 10.0 Å². The van der Waals surface area contributed by atoms with Crippen LogP contribution in [0.2, 0.25) is 5.02 Å². The van der Waals surface area contributed by atoms with Gasteiger partial charge in [0.15, 0.2) is 0 Å². The number of nitrogens with one attached hydrogen (secondary N) is 2. The summed E-state index contributed by atoms with van der Waals surface area (Å²) in [5.74, 6) is -0.359. The highest BCUT2D eigenvalue weighted by Gasteiger charge is 2.20. The minimum atomic E-state index is -3.62. The molecule has 138 valence electrons. The molecule has 1 amide bonds. The normalized spacial score (nSPS) is 17.2. The van der Waals surface area contributed by atoms with Crippen molar-refractivity contribution >= 4 is 33.2 Å². The lowest BCUT2D eigenvalue weighted by atomic mass is 10.2. The van der Waals surface area contributed by atoms with Crippen LogP contribution in [0.3, 0.4) is 0 Å². The van der Waals surface area contributed by atoms with Crippen molar-refractivity contribution in [3.05, 3.63) is 59.1 Å². The van der Waals surface area contributed by atoms with Crippen molar-refractivity contribution in [1.29, 1.82) is 0 Å². The van der Waals surface area contributed by atoms with Gasteiger partial charge in [-0.2, -0.15) is 0 Å². The molecule has 1 fully saturated rings. The van der Waals surface area contributed by atoms with E-state index in [4.69, 9.17) is 16.3 Å². The van der Waals surface area contributed by atoms with Gasteiger partial charge in [0.1, 0.15) is 0 Å². The fourth-order valence-corrected chi connectivity index (χ4v) is 3.94. The van der Waals surface area contributed by atoms with E-state index < -0.39 is 10.0 Å². The number of rotatable bonds is 6. The first-order valence-corrected chi connectivity index (χ1v) is 10.1. The Hall–Kier alpha value is -1.93. The zero-order valence-corrected chi connectivity index (χ0v) is 15.5. The number of benzene rings is 2. The lowest BCUT2D eigenvalue weighted by Crippen LogP contribution is -2.31. The summed E-state index contributed by atoms with van der Waals surface area (Å²) in [7, 11) is -3.62. The molecule has 1 aliphatic heterocycles. The molecular weight excluding hydrogens is 376 g/mol. The molecule has 0 aliphatic carbocycles. The van der Waals surface area contributed by atoms with E-state index in [0.717, 1.165) is 12.8 Å². The fourth-order valence-electron chi connectivity index (χ4n) is 2.65. The summed E-state index contributed by atoms with van der Waals surface area (Å²) in [5, 5.41) is 3.05. The standard InChI is InChI=1S/C18H19ClN2O4S/c19-17-6-2-1-5-16(17)18(22)21-13-7-9-15(10-8-13)26(23,24)20-12-14-4-3-11-25-14/h1-2,5-10,14,20H,3-4,11-12H2,(H,21,22)/t14-/m1/s1. The van der Waals surface area contributed by atoms with Crippen molar-refractivity contribution in [2.75, 3.05) is 18.5 Å². The SMILES string of the molecule is O=C(Nc1ccc(S(=O)(=O)NC[C@H]2CCCO2)cc1)c1ccccc1Cl. The molecule has 2 aromatic rings. The Labute approximate surface area is 157 Å². The molecular formula is C18H19ClN2O4S. The highest BCUT2D eigenvalue weighted by molar-refractivity contribution is 7.89. The van der Waals surface area contributed by atoms with Crippen LogP contribution in [-0.4, -0.2) is 33.6 Å². The number of carbonyl (C=O) groups excluding carboxylic acids is 1. The van der Waals surface area contributed by atoms with Crippen LogP contribution in [0.4, 0.5) is 5.69 Å². The first-order chi connectivity index (χ1) is 12.5. The molecule has 8 heteroatoms. The number of halogens is 1. The average Bonchev–Trinajstić information content (AvgIpc) is 3.14. The van der Waals surface area contributed by atoms with Crippen LogP contribution in [0.25, 0.3) is 0 Å². The topological polar surface area (TPSA) is 84.5 Å². The van der Waals surface area contributed by atoms with Crippen molar-refractivity contribution in [3.63, 3.8) is 0 Å². The number of carbonyl (C=O) groups is 1. The third kappa shape index (κ3) is 4.62. The fraction of sp³-hybridized carbons (Fsp3) is 0.278. The first kappa shape index (κ1) is 18.8. The molecule has 0 radical (unpaired) electrons. The molecule has 26 heavy (non-hydrogen) atoms. The summed E-state index contributed by atoms with van der Waals surface area (Å²) in [5.41, 5.74) is 0.831. The van der Waals surface area contributed by atoms with Gasteiger partial charge in [0.2, 0.25) is 10.0 Å². The van der Waals surface area contributed by atoms with Gasteiger partial charge in [-0.25, -0.2) is 13.1 Å². The van der Waals surface area contributed by atoms with Crippen molar-refractivity contribution in [1.82, 2.24) is 4.72 Å². The molecule has 6 nitrogen and oxygen atoms in total. The number of ether oxygens (including phenoxy) is 1. The molecule has 1 heterocycles. The number of hydrogen-bond acceptors (Lipinski definition) is 4. The smallest absolute Gasteiger partial charge is 0.257 e. The summed E-state index contributed by atoms with van der Waals surface area (Å²) in [6, 6.07) is 12.7. The van der Waals surface area contributed by atoms with E-state index in [0.29, 0.717) is 22.9 Å².